The van der Waals surface area contributed by atoms with Gasteiger partial charge in [0.1, 0.15) is 0 Å². The molecular formula is C11H16ClNO3S. The van der Waals surface area contributed by atoms with E-state index in [4.69, 9.17) is 11.6 Å². The first-order chi connectivity index (χ1) is 7.95. The van der Waals surface area contributed by atoms with E-state index in [9.17, 15) is 13.5 Å². The number of benzene rings is 1. The Kier molecular flexibility index (Phi) is 5.39. The second kappa shape index (κ2) is 6.35. The lowest BCUT2D eigenvalue weighted by atomic mass is 10.2. The largest absolute Gasteiger partial charge is 0.393 e. The highest BCUT2D eigenvalue weighted by Gasteiger charge is 2.13. The molecule has 1 rings (SSSR count). The minimum absolute atomic E-state index is 0.174. The Hall–Kier alpha value is -0.620. The van der Waals surface area contributed by atoms with Crippen molar-refractivity contribution in [1.82, 2.24) is 4.72 Å². The smallest absolute Gasteiger partial charge is 0.240 e. The maximum atomic E-state index is 11.8. The molecule has 1 aromatic carbocycles. The molecule has 96 valence electrons. The number of nitrogens with one attached hydrogen (secondary N) is 1. The maximum Gasteiger partial charge on any atom is 0.240 e. The van der Waals surface area contributed by atoms with Crippen LogP contribution in [-0.2, 0) is 10.0 Å². The van der Waals surface area contributed by atoms with Crippen molar-refractivity contribution in [3.63, 3.8) is 0 Å². The van der Waals surface area contributed by atoms with Gasteiger partial charge < -0.3 is 5.11 Å². The average Bonchev–Trinajstić information content (AvgIpc) is 2.29. The first-order valence-electron chi connectivity index (χ1n) is 5.39. The third kappa shape index (κ3) is 4.63. The predicted molar refractivity (Wildman–Crippen MR) is 67.6 cm³/mol. The molecule has 17 heavy (non-hydrogen) atoms. The number of aliphatic hydroxyl groups is 1. The zero-order chi connectivity index (χ0) is 12.9. The van der Waals surface area contributed by atoms with Crippen LogP contribution in [0.5, 0.6) is 0 Å². The van der Waals surface area contributed by atoms with Crippen molar-refractivity contribution < 1.29 is 13.5 Å². The van der Waals surface area contributed by atoms with Crippen molar-refractivity contribution >= 4 is 21.6 Å². The molecule has 0 bridgehead atoms. The number of hydrogen-bond acceptors (Lipinski definition) is 3. The van der Waals surface area contributed by atoms with Crippen LogP contribution in [0.4, 0.5) is 0 Å². The molecule has 0 radical (unpaired) electrons. The second-order valence-corrected chi connectivity index (χ2v) is 5.91. The molecule has 0 aliphatic carbocycles. The Bertz CT molecular complexity index is 444. The van der Waals surface area contributed by atoms with Gasteiger partial charge >= 0.3 is 0 Å². The van der Waals surface area contributed by atoms with E-state index in [1.165, 1.54) is 24.3 Å². The van der Waals surface area contributed by atoms with Gasteiger partial charge in [0.05, 0.1) is 11.0 Å². The average molecular weight is 278 g/mol. The van der Waals surface area contributed by atoms with Crippen molar-refractivity contribution in [3.8, 4) is 0 Å². The summed E-state index contributed by atoms with van der Waals surface area (Å²) in [6.07, 6.45) is 0.550. The van der Waals surface area contributed by atoms with Crippen LogP contribution >= 0.6 is 11.6 Å². The summed E-state index contributed by atoms with van der Waals surface area (Å²) < 4.78 is 26.0. The van der Waals surface area contributed by atoms with Crippen molar-refractivity contribution in [3.05, 3.63) is 29.3 Å². The molecule has 0 saturated heterocycles. The summed E-state index contributed by atoms with van der Waals surface area (Å²) in [4.78, 5) is 0.174. The molecular weight excluding hydrogens is 262 g/mol. The van der Waals surface area contributed by atoms with Crippen LogP contribution in [-0.4, -0.2) is 26.2 Å². The van der Waals surface area contributed by atoms with E-state index in [1.54, 1.807) is 0 Å². The summed E-state index contributed by atoms with van der Waals surface area (Å²) in [5, 5.41) is 9.80. The van der Waals surface area contributed by atoms with Gasteiger partial charge in [-0.2, -0.15) is 0 Å². The zero-order valence-electron chi connectivity index (χ0n) is 9.56. The van der Waals surface area contributed by atoms with Crippen LogP contribution in [0.3, 0.4) is 0 Å². The number of halogens is 1. The molecule has 0 aliphatic rings. The van der Waals surface area contributed by atoms with E-state index in [2.05, 4.69) is 4.72 Å². The van der Waals surface area contributed by atoms with Crippen LogP contribution in [0.1, 0.15) is 19.8 Å². The lowest BCUT2D eigenvalue weighted by molar-refractivity contribution is 0.162. The van der Waals surface area contributed by atoms with Gasteiger partial charge in [0.2, 0.25) is 10.0 Å². The summed E-state index contributed by atoms with van der Waals surface area (Å²) in [6, 6.07) is 5.94. The first kappa shape index (κ1) is 14.4. The van der Waals surface area contributed by atoms with Crippen molar-refractivity contribution in [2.75, 3.05) is 6.54 Å². The molecule has 0 fully saturated rings. The van der Waals surface area contributed by atoms with Crippen LogP contribution in [0.25, 0.3) is 0 Å². The molecule has 4 nitrogen and oxygen atoms in total. The Balaban J connectivity index is 2.60. The van der Waals surface area contributed by atoms with E-state index in [0.717, 1.165) is 0 Å². The molecule has 0 aromatic heterocycles. The molecule has 1 atom stereocenters. The maximum absolute atomic E-state index is 11.8. The van der Waals surface area contributed by atoms with Gasteiger partial charge in [-0.1, -0.05) is 18.5 Å². The normalized spacial score (nSPS) is 13.6. The summed E-state index contributed by atoms with van der Waals surface area (Å²) in [7, 11) is -3.50. The van der Waals surface area contributed by atoms with Gasteiger partial charge in [0, 0.05) is 11.6 Å². The highest BCUT2D eigenvalue weighted by Crippen LogP contribution is 2.13. The summed E-state index contributed by atoms with van der Waals surface area (Å²) >= 11 is 5.68. The molecule has 0 saturated carbocycles. The molecule has 0 aliphatic heterocycles. The van der Waals surface area contributed by atoms with Gasteiger partial charge in [-0.3, -0.25) is 0 Å². The summed E-state index contributed by atoms with van der Waals surface area (Å²) in [5.41, 5.74) is 0. The molecule has 2 N–H and O–H groups in total. The fraction of sp³-hybridized carbons (Fsp3) is 0.455. The minimum Gasteiger partial charge on any atom is -0.393 e. The van der Waals surface area contributed by atoms with E-state index < -0.39 is 16.1 Å². The third-order valence-electron chi connectivity index (χ3n) is 2.36. The lowest BCUT2D eigenvalue weighted by Crippen LogP contribution is -2.27. The van der Waals surface area contributed by atoms with Crippen LogP contribution in [0.15, 0.2) is 29.2 Å². The van der Waals surface area contributed by atoms with Gasteiger partial charge in [0.25, 0.3) is 0 Å². The van der Waals surface area contributed by atoms with Crippen molar-refractivity contribution in [2.45, 2.75) is 30.8 Å². The number of aliphatic hydroxyl groups excluding tert-OH is 1. The zero-order valence-corrected chi connectivity index (χ0v) is 11.1. The van der Waals surface area contributed by atoms with Gasteiger partial charge in [-0.25, -0.2) is 13.1 Å². The predicted octanol–water partition coefficient (Wildman–Crippen LogP) is 1.78. The Morgan fingerprint density at radius 1 is 1.35 bits per heavy atom. The highest BCUT2D eigenvalue weighted by atomic mass is 35.5. The quantitative estimate of drug-likeness (QED) is 0.833. The fourth-order valence-corrected chi connectivity index (χ4v) is 2.43. The molecule has 1 aromatic rings. The number of sulfonamides is 1. The van der Waals surface area contributed by atoms with E-state index in [-0.39, 0.29) is 11.4 Å². The molecule has 6 heteroatoms. The Morgan fingerprint density at radius 2 is 1.94 bits per heavy atom. The monoisotopic (exact) mass is 277 g/mol. The Morgan fingerprint density at radius 3 is 2.47 bits per heavy atom. The molecule has 1 unspecified atom stereocenters. The molecule has 0 heterocycles. The fourth-order valence-electron chi connectivity index (χ4n) is 1.26. The highest BCUT2D eigenvalue weighted by molar-refractivity contribution is 7.89. The van der Waals surface area contributed by atoms with Crippen LogP contribution in [0, 0.1) is 0 Å². The van der Waals surface area contributed by atoms with Gasteiger partial charge in [-0.05, 0) is 37.1 Å². The summed E-state index contributed by atoms with van der Waals surface area (Å²) in [6.45, 7) is 2.07. The first-order valence-corrected chi connectivity index (χ1v) is 7.25. The third-order valence-corrected chi connectivity index (χ3v) is 4.09. The molecule has 0 spiro atoms. The topological polar surface area (TPSA) is 66.4 Å². The standard InChI is InChI=1S/C11H16ClNO3S/c1-2-10(14)7-8-13-17(15,16)11-5-3-9(12)4-6-11/h3-6,10,13-14H,2,7-8H2,1H3. The minimum atomic E-state index is -3.50. The lowest BCUT2D eigenvalue weighted by Gasteiger charge is -2.09. The van der Waals surface area contributed by atoms with E-state index in [0.29, 0.717) is 17.9 Å². The Labute approximate surface area is 107 Å². The summed E-state index contributed by atoms with van der Waals surface area (Å²) in [5.74, 6) is 0. The van der Waals surface area contributed by atoms with Gasteiger partial charge in [-0.15, -0.1) is 0 Å². The number of rotatable bonds is 6. The van der Waals surface area contributed by atoms with Crippen molar-refractivity contribution in [2.24, 2.45) is 0 Å². The van der Waals surface area contributed by atoms with E-state index in [1.807, 2.05) is 6.92 Å². The molecule has 0 amide bonds. The van der Waals surface area contributed by atoms with Crippen molar-refractivity contribution in [1.29, 1.82) is 0 Å². The van der Waals surface area contributed by atoms with E-state index >= 15 is 0 Å². The SMILES string of the molecule is CCC(O)CCNS(=O)(=O)c1ccc(Cl)cc1. The van der Waals surface area contributed by atoms with Crippen LogP contribution < -0.4 is 4.72 Å². The number of hydrogen-bond donors (Lipinski definition) is 2. The van der Waals surface area contributed by atoms with Crippen LogP contribution in [0.2, 0.25) is 5.02 Å². The second-order valence-electron chi connectivity index (χ2n) is 3.70. The van der Waals surface area contributed by atoms with Gasteiger partial charge in [0.15, 0.2) is 0 Å².